The number of phenolic OH excluding ortho intramolecular Hbond substituents is 1. The van der Waals surface area contributed by atoms with Crippen molar-refractivity contribution in [3.63, 3.8) is 0 Å². The predicted octanol–water partition coefficient (Wildman–Crippen LogP) is 4.37. The number of rotatable bonds is 4. The van der Waals surface area contributed by atoms with Crippen LogP contribution in [-0.2, 0) is 4.79 Å². The fourth-order valence-electron chi connectivity index (χ4n) is 2.37. The van der Waals surface area contributed by atoms with Gasteiger partial charge in [0.2, 0.25) is 0 Å². The van der Waals surface area contributed by atoms with Gasteiger partial charge in [0.15, 0.2) is 0 Å². The Morgan fingerprint density at radius 2 is 1.62 bits per heavy atom. The Bertz CT molecular complexity index is 642. The van der Waals surface area contributed by atoms with Crippen LogP contribution < -0.4 is 0 Å². The van der Waals surface area contributed by atoms with Gasteiger partial charge in [-0.05, 0) is 47.2 Å². The molecule has 0 aliphatic carbocycles. The first kappa shape index (κ1) is 15.1. The second kappa shape index (κ2) is 6.00. The molecule has 0 saturated heterocycles. The van der Waals surface area contributed by atoms with Crippen molar-refractivity contribution in [3.05, 3.63) is 53.6 Å². The van der Waals surface area contributed by atoms with Gasteiger partial charge in [0, 0.05) is 0 Å². The molecule has 2 aromatic carbocycles. The summed E-state index contributed by atoms with van der Waals surface area (Å²) in [5, 5.41) is 18.5. The molecule has 0 spiro atoms. The number of phenols is 1. The van der Waals surface area contributed by atoms with Crippen LogP contribution in [0.4, 0.5) is 0 Å². The topological polar surface area (TPSA) is 57.5 Å². The fourth-order valence-corrected chi connectivity index (χ4v) is 2.37. The fraction of sp³-hybridized carbons (Fsp3) is 0.278. The van der Waals surface area contributed by atoms with E-state index in [1.807, 2.05) is 30.3 Å². The van der Waals surface area contributed by atoms with Crippen LogP contribution in [0.25, 0.3) is 11.1 Å². The molecule has 0 heterocycles. The lowest BCUT2D eigenvalue weighted by Crippen LogP contribution is -2.08. The van der Waals surface area contributed by atoms with Crippen molar-refractivity contribution in [3.8, 4) is 16.9 Å². The van der Waals surface area contributed by atoms with E-state index in [2.05, 4.69) is 13.8 Å². The lowest BCUT2D eigenvalue weighted by atomic mass is 9.88. The second-order valence-electron chi connectivity index (χ2n) is 5.61. The maximum Gasteiger partial charge on any atom is 0.310 e. The molecule has 0 aliphatic heterocycles. The van der Waals surface area contributed by atoms with Gasteiger partial charge in [-0.2, -0.15) is 0 Å². The van der Waals surface area contributed by atoms with Crippen LogP contribution in [0.5, 0.6) is 5.75 Å². The summed E-state index contributed by atoms with van der Waals surface area (Å²) in [7, 11) is 0. The standard InChI is InChI=1S/C18H20O3/c1-11(2)17-10-14(12(3)18(20)21)6-9-16(17)13-4-7-15(19)8-5-13/h4-12,19H,1-3H3,(H,20,21). The third-order valence-electron chi connectivity index (χ3n) is 3.75. The largest absolute Gasteiger partial charge is 0.508 e. The van der Waals surface area contributed by atoms with Gasteiger partial charge in [0.1, 0.15) is 5.75 Å². The highest BCUT2D eigenvalue weighted by Gasteiger charge is 2.17. The van der Waals surface area contributed by atoms with Crippen molar-refractivity contribution in [2.24, 2.45) is 0 Å². The zero-order valence-electron chi connectivity index (χ0n) is 12.5. The average Bonchev–Trinajstić information content (AvgIpc) is 2.46. The van der Waals surface area contributed by atoms with Crippen LogP contribution in [0.1, 0.15) is 43.7 Å². The first-order valence-corrected chi connectivity index (χ1v) is 7.06. The van der Waals surface area contributed by atoms with Crippen LogP contribution in [0.3, 0.4) is 0 Å². The average molecular weight is 284 g/mol. The van der Waals surface area contributed by atoms with Gasteiger partial charge in [-0.3, -0.25) is 4.79 Å². The summed E-state index contributed by atoms with van der Waals surface area (Å²) in [6, 6.07) is 12.9. The van der Waals surface area contributed by atoms with E-state index in [4.69, 9.17) is 5.11 Å². The first-order valence-electron chi connectivity index (χ1n) is 7.06. The minimum absolute atomic E-state index is 0.237. The van der Waals surface area contributed by atoms with Gasteiger partial charge in [-0.1, -0.05) is 44.2 Å². The molecule has 0 radical (unpaired) electrons. The quantitative estimate of drug-likeness (QED) is 0.876. The van der Waals surface area contributed by atoms with Crippen LogP contribution in [-0.4, -0.2) is 16.2 Å². The minimum atomic E-state index is -0.818. The summed E-state index contributed by atoms with van der Waals surface area (Å²) in [4.78, 5) is 11.1. The van der Waals surface area contributed by atoms with E-state index in [1.165, 1.54) is 0 Å². The number of carboxylic acid groups (broad SMARTS) is 1. The van der Waals surface area contributed by atoms with E-state index in [9.17, 15) is 9.90 Å². The molecule has 0 bridgehead atoms. The SMILES string of the molecule is CC(C)c1cc(C(C)C(=O)O)ccc1-c1ccc(O)cc1. The molecule has 1 unspecified atom stereocenters. The second-order valence-corrected chi connectivity index (χ2v) is 5.61. The van der Waals surface area contributed by atoms with E-state index in [-0.39, 0.29) is 11.7 Å². The van der Waals surface area contributed by atoms with Crippen molar-refractivity contribution in [1.82, 2.24) is 0 Å². The summed E-state index contributed by atoms with van der Waals surface area (Å²) in [6.07, 6.45) is 0. The van der Waals surface area contributed by atoms with Crippen molar-refractivity contribution < 1.29 is 15.0 Å². The van der Waals surface area contributed by atoms with Crippen molar-refractivity contribution in [1.29, 1.82) is 0 Å². The predicted molar refractivity (Wildman–Crippen MR) is 83.7 cm³/mol. The highest BCUT2D eigenvalue weighted by Crippen LogP contribution is 2.32. The lowest BCUT2D eigenvalue weighted by Gasteiger charge is -2.17. The molecule has 2 aromatic rings. The molecule has 21 heavy (non-hydrogen) atoms. The molecule has 3 heteroatoms. The number of aromatic hydroxyl groups is 1. The Balaban J connectivity index is 2.52. The monoisotopic (exact) mass is 284 g/mol. The molecule has 0 fully saturated rings. The lowest BCUT2D eigenvalue weighted by molar-refractivity contribution is -0.138. The van der Waals surface area contributed by atoms with Crippen molar-refractivity contribution in [2.75, 3.05) is 0 Å². The molecule has 0 saturated carbocycles. The maximum absolute atomic E-state index is 11.1. The van der Waals surface area contributed by atoms with E-state index >= 15 is 0 Å². The number of carbonyl (C=O) groups is 1. The molecule has 1 atom stereocenters. The van der Waals surface area contributed by atoms with E-state index in [0.29, 0.717) is 0 Å². The molecule has 3 nitrogen and oxygen atoms in total. The Morgan fingerprint density at radius 3 is 2.14 bits per heavy atom. The molecule has 0 aliphatic rings. The number of carboxylic acids is 1. The summed E-state index contributed by atoms with van der Waals surface area (Å²) in [5.41, 5.74) is 4.03. The van der Waals surface area contributed by atoms with Gasteiger partial charge in [-0.25, -0.2) is 0 Å². The van der Waals surface area contributed by atoms with Gasteiger partial charge in [0.05, 0.1) is 5.92 Å². The minimum Gasteiger partial charge on any atom is -0.508 e. The molecular weight excluding hydrogens is 264 g/mol. The molecule has 110 valence electrons. The summed E-state index contributed by atoms with van der Waals surface area (Å²) < 4.78 is 0. The Morgan fingerprint density at radius 1 is 1.00 bits per heavy atom. The summed E-state index contributed by atoms with van der Waals surface area (Å²) in [5.74, 6) is -0.811. The number of aliphatic carboxylic acids is 1. The Kier molecular flexibility index (Phi) is 4.32. The number of hydrogen-bond acceptors (Lipinski definition) is 2. The normalized spacial score (nSPS) is 12.4. The summed E-state index contributed by atoms with van der Waals surface area (Å²) in [6.45, 7) is 5.88. The molecule has 0 amide bonds. The Hall–Kier alpha value is -2.29. The first-order chi connectivity index (χ1) is 9.90. The van der Waals surface area contributed by atoms with Crippen LogP contribution in [0.2, 0.25) is 0 Å². The zero-order valence-corrected chi connectivity index (χ0v) is 12.5. The van der Waals surface area contributed by atoms with E-state index < -0.39 is 11.9 Å². The molecule has 0 aromatic heterocycles. The molecule has 2 rings (SSSR count). The van der Waals surface area contributed by atoms with Gasteiger partial charge < -0.3 is 10.2 Å². The van der Waals surface area contributed by atoms with Crippen LogP contribution in [0, 0.1) is 0 Å². The van der Waals surface area contributed by atoms with Gasteiger partial charge in [0.25, 0.3) is 0 Å². The van der Waals surface area contributed by atoms with Crippen molar-refractivity contribution >= 4 is 5.97 Å². The van der Waals surface area contributed by atoms with Crippen LogP contribution >= 0.6 is 0 Å². The van der Waals surface area contributed by atoms with E-state index in [0.717, 1.165) is 22.3 Å². The smallest absolute Gasteiger partial charge is 0.310 e. The zero-order chi connectivity index (χ0) is 15.6. The summed E-state index contributed by atoms with van der Waals surface area (Å²) >= 11 is 0. The van der Waals surface area contributed by atoms with Crippen LogP contribution in [0.15, 0.2) is 42.5 Å². The highest BCUT2D eigenvalue weighted by atomic mass is 16.4. The van der Waals surface area contributed by atoms with Gasteiger partial charge >= 0.3 is 5.97 Å². The third-order valence-corrected chi connectivity index (χ3v) is 3.75. The van der Waals surface area contributed by atoms with Gasteiger partial charge in [-0.15, -0.1) is 0 Å². The number of benzene rings is 2. The Labute approximate surface area is 124 Å². The molecular formula is C18H20O3. The van der Waals surface area contributed by atoms with Crippen molar-refractivity contribution in [2.45, 2.75) is 32.6 Å². The third kappa shape index (κ3) is 3.24. The highest BCUT2D eigenvalue weighted by molar-refractivity contribution is 5.77. The maximum atomic E-state index is 11.1. The number of hydrogen-bond donors (Lipinski definition) is 2. The molecule has 2 N–H and O–H groups in total. The van der Waals surface area contributed by atoms with E-state index in [1.54, 1.807) is 19.1 Å².